The standard InChI is InChI=1S/C12H24N2O4/c1-4-5-6-10(12(16)17)14(2)9-11(15)13-7-8-18-3/h10H,4-9H2,1-3H3,(H,13,15)(H,16,17). The molecule has 1 atom stereocenters. The Balaban J connectivity index is 4.11. The van der Waals surface area contributed by atoms with Crippen molar-refractivity contribution in [2.45, 2.75) is 32.2 Å². The highest BCUT2D eigenvalue weighted by molar-refractivity contribution is 5.79. The maximum Gasteiger partial charge on any atom is 0.320 e. The highest BCUT2D eigenvalue weighted by Crippen LogP contribution is 2.07. The van der Waals surface area contributed by atoms with Gasteiger partial charge in [0.2, 0.25) is 5.91 Å². The zero-order chi connectivity index (χ0) is 14.0. The van der Waals surface area contributed by atoms with E-state index in [0.29, 0.717) is 19.6 Å². The van der Waals surface area contributed by atoms with Crippen molar-refractivity contribution >= 4 is 11.9 Å². The molecule has 0 spiro atoms. The number of hydrogen-bond acceptors (Lipinski definition) is 4. The maximum atomic E-state index is 11.5. The van der Waals surface area contributed by atoms with E-state index in [0.717, 1.165) is 12.8 Å². The van der Waals surface area contributed by atoms with Crippen LogP contribution in [0.4, 0.5) is 0 Å². The molecule has 0 aliphatic rings. The predicted octanol–water partition coefficient (Wildman–Crippen LogP) is 0.324. The SMILES string of the molecule is CCCCC(C(=O)O)N(C)CC(=O)NCCOC. The number of rotatable bonds is 10. The molecule has 0 aromatic carbocycles. The van der Waals surface area contributed by atoms with Gasteiger partial charge < -0.3 is 15.2 Å². The molecule has 6 heteroatoms. The van der Waals surface area contributed by atoms with E-state index in [9.17, 15) is 9.59 Å². The van der Waals surface area contributed by atoms with Gasteiger partial charge in [-0.15, -0.1) is 0 Å². The van der Waals surface area contributed by atoms with Crippen molar-refractivity contribution < 1.29 is 19.4 Å². The molecule has 0 aliphatic heterocycles. The van der Waals surface area contributed by atoms with Gasteiger partial charge in [-0.3, -0.25) is 14.5 Å². The summed E-state index contributed by atoms with van der Waals surface area (Å²) in [6.45, 7) is 2.99. The summed E-state index contributed by atoms with van der Waals surface area (Å²) in [5.41, 5.74) is 0. The fourth-order valence-electron chi connectivity index (χ4n) is 1.61. The van der Waals surface area contributed by atoms with Crippen molar-refractivity contribution in [1.29, 1.82) is 0 Å². The van der Waals surface area contributed by atoms with E-state index in [2.05, 4.69) is 5.32 Å². The number of likely N-dealkylation sites (N-methyl/N-ethyl adjacent to an activating group) is 1. The lowest BCUT2D eigenvalue weighted by atomic mass is 10.1. The van der Waals surface area contributed by atoms with E-state index in [1.807, 2.05) is 6.92 Å². The van der Waals surface area contributed by atoms with Crippen LogP contribution in [0.1, 0.15) is 26.2 Å². The number of hydrogen-bond donors (Lipinski definition) is 2. The number of amides is 1. The first-order valence-electron chi connectivity index (χ1n) is 6.21. The molecule has 6 nitrogen and oxygen atoms in total. The molecule has 0 bridgehead atoms. The van der Waals surface area contributed by atoms with E-state index in [-0.39, 0.29) is 12.5 Å². The van der Waals surface area contributed by atoms with Crippen molar-refractivity contribution in [2.75, 3.05) is 33.9 Å². The summed E-state index contributed by atoms with van der Waals surface area (Å²) in [5.74, 6) is -1.06. The Hall–Kier alpha value is -1.14. The lowest BCUT2D eigenvalue weighted by Crippen LogP contribution is -2.44. The predicted molar refractivity (Wildman–Crippen MR) is 68.5 cm³/mol. The van der Waals surface area contributed by atoms with Crippen LogP contribution in [-0.2, 0) is 14.3 Å². The molecule has 0 saturated carbocycles. The van der Waals surface area contributed by atoms with Crippen LogP contribution in [0.3, 0.4) is 0 Å². The van der Waals surface area contributed by atoms with Crippen LogP contribution in [0.15, 0.2) is 0 Å². The number of ether oxygens (including phenoxy) is 1. The Morgan fingerprint density at radius 2 is 2.11 bits per heavy atom. The normalized spacial score (nSPS) is 12.4. The van der Waals surface area contributed by atoms with Gasteiger partial charge in [-0.1, -0.05) is 19.8 Å². The molecular formula is C12H24N2O4. The molecule has 0 fully saturated rings. The van der Waals surface area contributed by atoms with E-state index in [1.54, 1.807) is 19.1 Å². The summed E-state index contributed by atoms with van der Waals surface area (Å²) in [6.07, 6.45) is 2.35. The van der Waals surface area contributed by atoms with Gasteiger partial charge in [0.1, 0.15) is 6.04 Å². The first kappa shape index (κ1) is 16.9. The number of methoxy groups -OCH3 is 1. The molecule has 0 heterocycles. The summed E-state index contributed by atoms with van der Waals surface area (Å²) < 4.78 is 4.81. The molecule has 0 saturated heterocycles. The van der Waals surface area contributed by atoms with Gasteiger partial charge in [-0.05, 0) is 13.5 Å². The average Bonchev–Trinajstić information content (AvgIpc) is 2.29. The van der Waals surface area contributed by atoms with E-state index >= 15 is 0 Å². The summed E-state index contributed by atoms with van der Waals surface area (Å²) in [5, 5.41) is 11.8. The topological polar surface area (TPSA) is 78.9 Å². The van der Waals surface area contributed by atoms with Crippen LogP contribution < -0.4 is 5.32 Å². The molecule has 0 aliphatic carbocycles. The summed E-state index contributed by atoms with van der Waals surface area (Å²) in [7, 11) is 3.22. The number of carboxylic acid groups (broad SMARTS) is 1. The number of nitrogens with zero attached hydrogens (tertiary/aromatic N) is 1. The van der Waals surface area contributed by atoms with Crippen LogP contribution in [0.2, 0.25) is 0 Å². The number of carboxylic acids is 1. The largest absolute Gasteiger partial charge is 0.480 e. The van der Waals surface area contributed by atoms with Gasteiger partial charge in [0.05, 0.1) is 13.2 Å². The molecule has 1 amide bonds. The number of unbranched alkanes of at least 4 members (excludes halogenated alkanes) is 1. The Morgan fingerprint density at radius 1 is 1.44 bits per heavy atom. The molecule has 106 valence electrons. The molecule has 0 aromatic rings. The van der Waals surface area contributed by atoms with Crippen molar-refractivity contribution in [3.63, 3.8) is 0 Å². The Bertz CT molecular complexity index is 258. The molecule has 1 unspecified atom stereocenters. The van der Waals surface area contributed by atoms with E-state index < -0.39 is 12.0 Å². The number of carbonyl (C=O) groups excluding carboxylic acids is 1. The molecule has 18 heavy (non-hydrogen) atoms. The zero-order valence-corrected chi connectivity index (χ0v) is 11.4. The molecule has 0 radical (unpaired) electrons. The molecule has 0 rings (SSSR count). The van der Waals surface area contributed by atoms with Gasteiger partial charge in [0, 0.05) is 13.7 Å². The fourth-order valence-corrected chi connectivity index (χ4v) is 1.61. The minimum Gasteiger partial charge on any atom is -0.480 e. The Kier molecular flexibility index (Phi) is 9.22. The second-order valence-electron chi connectivity index (χ2n) is 4.25. The zero-order valence-electron chi connectivity index (χ0n) is 11.4. The molecule has 0 aromatic heterocycles. The van der Waals surface area contributed by atoms with Crippen LogP contribution in [0, 0.1) is 0 Å². The van der Waals surface area contributed by atoms with Crippen LogP contribution in [0.25, 0.3) is 0 Å². The van der Waals surface area contributed by atoms with E-state index in [1.165, 1.54) is 0 Å². The number of nitrogens with one attached hydrogen (secondary N) is 1. The van der Waals surface area contributed by atoms with Crippen LogP contribution in [0.5, 0.6) is 0 Å². The minimum atomic E-state index is -0.879. The second kappa shape index (κ2) is 9.85. The van der Waals surface area contributed by atoms with Crippen LogP contribution >= 0.6 is 0 Å². The third kappa shape index (κ3) is 7.24. The van der Waals surface area contributed by atoms with Gasteiger partial charge in [0.15, 0.2) is 0 Å². The number of aliphatic carboxylic acids is 1. The summed E-state index contributed by atoms with van der Waals surface area (Å²) >= 11 is 0. The average molecular weight is 260 g/mol. The molecular weight excluding hydrogens is 236 g/mol. The summed E-state index contributed by atoms with van der Waals surface area (Å²) in [6, 6.07) is -0.599. The highest BCUT2D eigenvalue weighted by atomic mass is 16.5. The quantitative estimate of drug-likeness (QED) is 0.553. The van der Waals surface area contributed by atoms with Gasteiger partial charge in [-0.25, -0.2) is 0 Å². The van der Waals surface area contributed by atoms with Crippen molar-refractivity contribution in [2.24, 2.45) is 0 Å². The smallest absolute Gasteiger partial charge is 0.320 e. The Labute approximate surface area is 108 Å². The lowest BCUT2D eigenvalue weighted by molar-refractivity contribution is -0.143. The van der Waals surface area contributed by atoms with Gasteiger partial charge in [0.25, 0.3) is 0 Å². The summed E-state index contributed by atoms with van der Waals surface area (Å²) in [4.78, 5) is 24.2. The van der Waals surface area contributed by atoms with Crippen LogP contribution in [-0.4, -0.2) is 61.8 Å². The third-order valence-electron chi connectivity index (χ3n) is 2.67. The highest BCUT2D eigenvalue weighted by Gasteiger charge is 2.23. The minimum absolute atomic E-state index is 0.0877. The van der Waals surface area contributed by atoms with Gasteiger partial charge >= 0.3 is 5.97 Å². The van der Waals surface area contributed by atoms with Crippen molar-refractivity contribution in [3.05, 3.63) is 0 Å². The fraction of sp³-hybridized carbons (Fsp3) is 0.833. The number of carbonyl (C=O) groups is 2. The van der Waals surface area contributed by atoms with Crippen molar-refractivity contribution in [3.8, 4) is 0 Å². The van der Waals surface area contributed by atoms with E-state index in [4.69, 9.17) is 9.84 Å². The second-order valence-corrected chi connectivity index (χ2v) is 4.25. The first-order chi connectivity index (χ1) is 8.52. The van der Waals surface area contributed by atoms with Crippen molar-refractivity contribution in [1.82, 2.24) is 10.2 Å². The lowest BCUT2D eigenvalue weighted by Gasteiger charge is -2.23. The maximum absolute atomic E-state index is 11.5. The monoisotopic (exact) mass is 260 g/mol. The molecule has 2 N–H and O–H groups in total. The Morgan fingerprint density at radius 3 is 2.61 bits per heavy atom. The van der Waals surface area contributed by atoms with Gasteiger partial charge in [-0.2, -0.15) is 0 Å². The third-order valence-corrected chi connectivity index (χ3v) is 2.67. The first-order valence-corrected chi connectivity index (χ1v) is 6.21.